The number of alkyl halides is 1. The Bertz CT molecular complexity index is 451. The Balaban J connectivity index is 1.68. The van der Waals surface area contributed by atoms with Crippen molar-refractivity contribution in [1.29, 1.82) is 0 Å². The van der Waals surface area contributed by atoms with Gasteiger partial charge in [-0.25, -0.2) is 0 Å². The second-order valence-corrected chi connectivity index (χ2v) is 8.66. The van der Waals surface area contributed by atoms with Crippen molar-refractivity contribution in [3.05, 3.63) is 21.4 Å². The monoisotopic (exact) mass is 359 g/mol. The molecular weight excluding hydrogens is 342 g/mol. The van der Waals surface area contributed by atoms with Gasteiger partial charge in [-0.15, -0.1) is 11.3 Å². The van der Waals surface area contributed by atoms with E-state index in [1.165, 1.54) is 35.5 Å². The molecular formula is C14H18BrNOS2. The van der Waals surface area contributed by atoms with Crippen LogP contribution in [0.5, 0.6) is 0 Å². The Labute approximate surface area is 130 Å². The summed E-state index contributed by atoms with van der Waals surface area (Å²) in [4.78, 5) is 15.1. The first-order valence-corrected chi connectivity index (χ1v) is 9.77. The van der Waals surface area contributed by atoms with Crippen molar-refractivity contribution in [3.63, 3.8) is 0 Å². The topological polar surface area (TPSA) is 29.1 Å². The van der Waals surface area contributed by atoms with Crippen LogP contribution in [0.1, 0.15) is 45.8 Å². The molecule has 0 saturated heterocycles. The fraction of sp³-hybridized carbons (Fsp3) is 0.643. The molecule has 2 nitrogen and oxygen atoms in total. The second kappa shape index (κ2) is 6.19. The van der Waals surface area contributed by atoms with Crippen molar-refractivity contribution < 1.29 is 4.79 Å². The van der Waals surface area contributed by atoms with Gasteiger partial charge in [0.05, 0.1) is 4.88 Å². The molecule has 1 aliphatic heterocycles. The van der Waals surface area contributed by atoms with Gasteiger partial charge in [-0.3, -0.25) is 4.79 Å². The molecule has 0 aromatic carbocycles. The molecule has 0 radical (unpaired) electrons. The molecule has 1 aromatic heterocycles. The molecule has 0 bridgehead atoms. The highest BCUT2D eigenvalue weighted by molar-refractivity contribution is 9.09. The smallest absolute Gasteiger partial charge is 0.261 e. The third-order valence-corrected chi connectivity index (χ3v) is 7.19. The van der Waals surface area contributed by atoms with Crippen molar-refractivity contribution in [1.82, 2.24) is 5.32 Å². The van der Waals surface area contributed by atoms with Crippen LogP contribution in [0.2, 0.25) is 0 Å². The molecule has 1 saturated carbocycles. The van der Waals surface area contributed by atoms with Crippen molar-refractivity contribution >= 4 is 44.9 Å². The lowest BCUT2D eigenvalue weighted by atomic mass is 9.95. The molecule has 1 N–H and O–H groups in total. The highest BCUT2D eigenvalue weighted by Gasteiger charge is 2.25. The number of rotatable bonds is 2. The fourth-order valence-corrected chi connectivity index (χ4v) is 5.74. The second-order valence-electron chi connectivity index (χ2n) is 5.24. The van der Waals surface area contributed by atoms with E-state index in [4.69, 9.17) is 0 Å². The summed E-state index contributed by atoms with van der Waals surface area (Å²) in [6, 6.07) is 2.41. The van der Waals surface area contributed by atoms with Crippen LogP contribution < -0.4 is 5.32 Å². The average molecular weight is 360 g/mol. The Kier molecular flexibility index (Phi) is 4.54. The summed E-state index contributed by atoms with van der Waals surface area (Å²) < 4.78 is 0. The van der Waals surface area contributed by atoms with Crippen molar-refractivity contribution in [3.8, 4) is 0 Å². The molecule has 1 amide bonds. The van der Waals surface area contributed by atoms with Gasteiger partial charge in [0.25, 0.3) is 5.91 Å². The number of thiophene rings is 1. The van der Waals surface area contributed by atoms with Gasteiger partial charge in [0.15, 0.2) is 0 Å². The zero-order valence-electron chi connectivity index (χ0n) is 10.8. The van der Waals surface area contributed by atoms with Gasteiger partial charge >= 0.3 is 0 Å². The Morgan fingerprint density at radius 1 is 1.37 bits per heavy atom. The molecule has 2 heterocycles. The number of nitrogens with one attached hydrogen (secondary N) is 1. The van der Waals surface area contributed by atoms with Gasteiger partial charge in [0.1, 0.15) is 0 Å². The van der Waals surface area contributed by atoms with Crippen molar-refractivity contribution in [2.75, 3.05) is 5.75 Å². The molecule has 0 spiro atoms. The Hall–Kier alpha value is -0.000000000000000111. The summed E-state index contributed by atoms with van der Waals surface area (Å²) in [5, 5.41) is 3.21. The summed E-state index contributed by atoms with van der Waals surface area (Å²) in [7, 11) is 0. The standard InChI is InChI=1S/C14H18BrNOS2/c15-10-3-1-2-4-11(10)16-14(17)13-7-9-8-18-6-5-12(9)19-13/h7,10-11H,1-6,8H2,(H,16,17). The van der Waals surface area contributed by atoms with Crippen molar-refractivity contribution in [2.24, 2.45) is 0 Å². The normalized spacial score (nSPS) is 26.8. The number of hydrogen-bond acceptors (Lipinski definition) is 3. The van der Waals surface area contributed by atoms with Gasteiger partial charge in [-0.1, -0.05) is 28.8 Å². The van der Waals surface area contributed by atoms with Crippen LogP contribution in [0.25, 0.3) is 0 Å². The third kappa shape index (κ3) is 3.19. The minimum Gasteiger partial charge on any atom is -0.347 e. The maximum atomic E-state index is 12.3. The van der Waals surface area contributed by atoms with Gasteiger partial charge in [0.2, 0.25) is 0 Å². The number of fused-ring (bicyclic) bond motifs is 1. The SMILES string of the molecule is O=C(NC1CCCCC1Br)c1cc2c(s1)CCSC2. The van der Waals surface area contributed by atoms with Gasteiger partial charge in [0, 0.05) is 21.5 Å². The van der Waals surface area contributed by atoms with Gasteiger partial charge in [-0.05, 0) is 36.6 Å². The number of amides is 1. The van der Waals surface area contributed by atoms with Crippen molar-refractivity contribution in [2.45, 2.75) is 48.7 Å². The predicted molar refractivity (Wildman–Crippen MR) is 86.6 cm³/mol. The van der Waals surface area contributed by atoms with Crippen LogP contribution in [-0.4, -0.2) is 22.5 Å². The van der Waals surface area contributed by atoms with Gasteiger partial charge < -0.3 is 5.32 Å². The average Bonchev–Trinajstić information content (AvgIpc) is 2.85. The molecule has 5 heteroatoms. The molecule has 1 aromatic rings. The molecule has 2 aliphatic rings. The minimum absolute atomic E-state index is 0.126. The molecule has 2 unspecified atom stereocenters. The van der Waals surface area contributed by atoms with Crippen LogP contribution in [-0.2, 0) is 12.2 Å². The van der Waals surface area contributed by atoms with E-state index in [9.17, 15) is 4.79 Å². The molecule has 3 rings (SSSR count). The molecule has 1 fully saturated rings. The lowest BCUT2D eigenvalue weighted by molar-refractivity contribution is 0.0934. The molecule has 1 aliphatic carbocycles. The molecule has 2 atom stereocenters. The quantitative estimate of drug-likeness (QED) is 0.809. The minimum atomic E-state index is 0.126. The van der Waals surface area contributed by atoms with E-state index in [0.29, 0.717) is 10.9 Å². The Morgan fingerprint density at radius 2 is 2.21 bits per heavy atom. The maximum Gasteiger partial charge on any atom is 0.261 e. The van der Waals surface area contributed by atoms with Crippen LogP contribution in [0, 0.1) is 0 Å². The first-order chi connectivity index (χ1) is 9.24. The van der Waals surface area contributed by atoms with E-state index in [-0.39, 0.29) is 5.91 Å². The zero-order chi connectivity index (χ0) is 13.2. The van der Waals surface area contributed by atoms with Crippen LogP contribution in [0.3, 0.4) is 0 Å². The van der Waals surface area contributed by atoms with E-state index in [0.717, 1.165) is 23.5 Å². The summed E-state index contributed by atoms with van der Waals surface area (Å²) in [6.07, 6.45) is 5.89. The maximum absolute atomic E-state index is 12.3. The van der Waals surface area contributed by atoms with E-state index in [2.05, 4.69) is 27.3 Å². The van der Waals surface area contributed by atoms with E-state index < -0.39 is 0 Å². The van der Waals surface area contributed by atoms with Gasteiger partial charge in [-0.2, -0.15) is 11.8 Å². The highest BCUT2D eigenvalue weighted by Crippen LogP contribution is 2.32. The van der Waals surface area contributed by atoms with E-state index in [1.54, 1.807) is 11.3 Å². The predicted octanol–water partition coefficient (Wildman–Crippen LogP) is 3.97. The number of thioether (sulfide) groups is 1. The first kappa shape index (κ1) is 14.0. The van der Waals surface area contributed by atoms with E-state index in [1.807, 2.05) is 11.8 Å². The lowest BCUT2D eigenvalue weighted by Gasteiger charge is -2.27. The zero-order valence-corrected chi connectivity index (χ0v) is 14.0. The highest BCUT2D eigenvalue weighted by atomic mass is 79.9. The summed E-state index contributed by atoms with van der Waals surface area (Å²) in [6.45, 7) is 0. The number of halogens is 1. The largest absolute Gasteiger partial charge is 0.347 e. The summed E-state index contributed by atoms with van der Waals surface area (Å²) in [5.74, 6) is 2.39. The Morgan fingerprint density at radius 3 is 3.00 bits per heavy atom. The third-order valence-electron chi connectivity index (χ3n) is 3.85. The van der Waals surface area contributed by atoms with E-state index >= 15 is 0 Å². The summed E-state index contributed by atoms with van der Waals surface area (Å²) >= 11 is 7.36. The summed E-state index contributed by atoms with van der Waals surface area (Å²) in [5.41, 5.74) is 1.38. The van der Waals surface area contributed by atoms with Crippen LogP contribution in [0.15, 0.2) is 6.07 Å². The van der Waals surface area contributed by atoms with Crippen LogP contribution >= 0.6 is 39.0 Å². The number of hydrogen-bond donors (Lipinski definition) is 1. The fourth-order valence-electron chi connectivity index (χ4n) is 2.75. The number of carbonyl (C=O) groups is 1. The molecule has 19 heavy (non-hydrogen) atoms. The first-order valence-electron chi connectivity index (χ1n) is 6.88. The lowest BCUT2D eigenvalue weighted by Crippen LogP contribution is -2.42. The molecule has 104 valence electrons. The number of carbonyl (C=O) groups excluding carboxylic acids is 1. The number of aryl methyl sites for hydroxylation is 1. The van der Waals surface area contributed by atoms with Crippen LogP contribution in [0.4, 0.5) is 0 Å².